The number of pyridine rings is 1. The molecule has 0 aliphatic heterocycles. The van der Waals surface area contributed by atoms with Gasteiger partial charge in [-0.25, -0.2) is 0 Å². The molecule has 1 amide bonds. The normalized spacial score (nSPS) is 10.3. The minimum atomic E-state index is -0.0417. The van der Waals surface area contributed by atoms with Gasteiger partial charge in [0.1, 0.15) is 0 Å². The topological polar surface area (TPSA) is 59.8 Å². The largest absolute Gasteiger partial charge is 0.323 e. The number of nitrogens with zero attached hydrogens (tertiary/aromatic N) is 3. The van der Waals surface area contributed by atoms with E-state index in [1.165, 1.54) is 0 Å². The summed E-state index contributed by atoms with van der Waals surface area (Å²) in [4.78, 5) is 15.8. The van der Waals surface area contributed by atoms with Crippen molar-refractivity contribution in [2.75, 3.05) is 5.32 Å². The second-order valence-corrected chi connectivity index (χ2v) is 4.04. The van der Waals surface area contributed by atoms with E-state index < -0.39 is 0 Å². The Hall–Kier alpha value is -2.17. The molecule has 2 aromatic heterocycles. The average molecular weight is 244 g/mol. The van der Waals surface area contributed by atoms with Crippen LogP contribution < -0.4 is 5.32 Å². The molecule has 0 spiro atoms. The molecule has 0 aliphatic rings. The smallest absolute Gasteiger partial charge is 0.228 e. The zero-order valence-electron chi connectivity index (χ0n) is 10.6. The summed E-state index contributed by atoms with van der Waals surface area (Å²) < 4.78 is 1.85. The molecular formula is C13H16N4O. The van der Waals surface area contributed by atoms with Gasteiger partial charge in [-0.1, -0.05) is 0 Å². The lowest BCUT2D eigenvalue weighted by atomic mass is 10.2. The maximum absolute atomic E-state index is 11.9. The van der Waals surface area contributed by atoms with Gasteiger partial charge in [-0.3, -0.25) is 14.5 Å². The van der Waals surface area contributed by atoms with E-state index >= 15 is 0 Å². The van der Waals surface area contributed by atoms with Crippen molar-refractivity contribution in [2.45, 2.75) is 26.8 Å². The maximum Gasteiger partial charge on any atom is 0.228 e. The predicted molar refractivity (Wildman–Crippen MR) is 69.2 cm³/mol. The SMILES string of the molecule is CCn1ncc(NC(=O)Cc2ccncc2)c1C. The van der Waals surface area contributed by atoms with Crippen molar-refractivity contribution in [3.63, 3.8) is 0 Å². The van der Waals surface area contributed by atoms with Crippen molar-refractivity contribution in [1.29, 1.82) is 0 Å². The first-order chi connectivity index (χ1) is 8.70. The first-order valence-corrected chi connectivity index (χ1v) is 5.92. The molecule has 2 rings (SSSR count). The lowest BCUT2D eigenvalue weighted by molar-refractivity contribution is -0.115. The van der Waals surface area contributed by atoms with Crippen LogP contribution >= 0.6 is 0 Å². The van der Waals surface area contributed by atoms with Gasteiger partial charge in [0.05, 0.1) is 24.0 Å². The molecule has 94 valence electrons. The van der Waals surface area contributed by atoms with Crippen LogP contribution in [0.5, 0.6) is 0 Å². The van der Waals surface area contributed by atoms with E-state index in [0.717, 1.165) is 23.5 Å². The number of rotatable bonds is 4. The molecule has 5 heteroatoms. The monoisotopic (exact) mass is 244 g/mol. The highest BCUT2D eigenvalue weighted by atomic mass is 16.1. The standard InChI is InChI=1S/C13H16N4O/c1-3-17-10(2)12(9-15-17)16-13(18)8-11-4-6-14-7-5-11/h4-7,9H,3,8H2,1-2H3,(H,16,18). The first kappa shape index (κ1) is 12.3. The van der Waals surface area contributed by atoms with E-state index in [0.29, 0.717) is 6.42 Å². The minimum Gasteiger partial charge on any atom is -0.323 e. The van der Waals surface area contributed by atoms with Crippen LogP contribution in [-0.4, -0.2) is 20.7 Å². The van der Waals surface area contributed by atoms with E-state index in [1.807, 2.05) is 30.7 Å². The highest BCUT2D eigenvalue weighted by Crippen LogP contribution is 2.13. The fraction of sp³-hybridized carbons (Fsp3) is 0.308. The van der Waals surface area contributed by atoms with Crippen LogP contribution in [0.1, 0.15) is 18.2 Å². The number of nitrogens with one attached hydrogen (secondary N) is 1. The Bertz CT molecular complexity index is 533. The van der Waals surface area contributed by atoms with Gasteiger partial charge in [0, 0.05) is 18.9 Å². The van der Waals surface area contributed by atoms with Crippen molar-refractivity contribution in [3.05, 3.63) is 42.0 Å². The van der Waals surface area contributed by atoms with Crippen molar-refractivity contribution in [3.8, 4) is 0 Å². The third-order valence-electron chi connectivity index (χ3n) is 2.79. The van der Waals surface area contributed by atoms with E-state index in [-0.39, 0.29) is 5.91 Å². The second kappa shape index (κ2) is 5.44. The van der Waals surface area contributed by atoms with Crippen molar-refractivity contribution in [1.82, 2.24) is 14.8 Å². The molecule has 0 aromatic carbocycles. The molecule has 0 bridgehead atoms. The molecule has 0 atom stereocenters. The Morgan fingerprint density at radius 1 is 1.39 bits per heavy atom. The summed E-state index contributed by atoms with van der Waals surface area (Å²) in [5, 5.41) is 7.06. The van der Waals surface area contributed by atoms with Gasteiger partial charge in [0.2, 0.25) is 5.91 Å². The molecule has 0 saturated heterocycles. The third-order valence-corrected chi connectivity index (χ3v) is 2.79. The van der Waals surface area contributed by atoms with Gasteiger partial charge in [-0.15, -0.1) is 0 Å². The van der Waals surface area contributed by atoms with Crippen molar-refractivity contribution >= 4 is 11.6 Å². The Morgan fingerprint density at radius 2 is 2.11 bits per heavy atom. The molecule has 0 unspecified atom stereocenters. The van der Waals surface area contributed by atoms with Gasteiger partial charge in [0.25, 0.3) is 0 Å². The zero-order valence-corrected chi connectivity index (χ0v) is 10.6. The molecule has 0 saturated carbocycles. The number of aryl methyl sites for hydroxylation is 1. The number of hydrogen-bond donors (Lipinski definition) is 1. The van der Waals surface area contributed by atoms with Gasteiger partial charge in [-0.05, 0) is 31.5 Å². The zero-order chi connectivity index (χ0) is 13.0. The number of aromatic nitrogens is 3. The van der Waals surface area contributed by atoms with Crippen LogP contribution in [-0.2, 0) is 17.8 Å². The lowest BCUT2D eigenvalue weighted by Gasteiger charge is -2.05. The number of hydrogen-bond acceptors (Lipinski definition) is 3. The molecule has 2 heterocycles. The molecule has 18 heavy (non-hydrogen) atoms. The molecule has 1 N–H and O–H groups in total. The summed E-state index contributed by atoms with van der Waals surface area (Å²) in [6, 6.07) is 3.67. The summed E-state index contributed by atoms with van der Waals surface area (Å²) >= 11 is 0. The van der Waals surface area contributed by atoms with Gasteiger partial charge < -0.3 is 5.32 Å². The quantitative estimate of drug-likeness (QED) is 0.892. The molecular weight excluding hydrogens is 228 g/mol. The highest BCUT2D eigenvalue weighted by Gasteiger charge is 2.09. The van der Waals surface area contributed by atoms with Crippen molar-refractivity contribution < 1.29 is 4.79 Å². The summed E-state index contributed by atoms with van der Waals surface area (Å²) in [6.45, 7) is 4.76. The van der Waals surface area contributed by atoms with E-state index in [4.69, 9.17) is 0 Å². The predicted octanol–water partition coefficient (Wildman–Crippen LogP) is 1.79. The van der Waals surface area contributed by atoms with Crippen LogP contribution in [0.2, 0.25) is 0 Å². The highest BCUT2D eigenvalue weighted by molar-refractivity contribution is 5.92. The molecule has 0 fully saturated rings. The maximum atomic E-state index is 11.9. The van der Waals surface area contributed by atoms with Crippen LogP contribution in [0, 0.1) is 6.92 Å². The molecule has 2 aromatic rings. The number of anilines is 1. The molecule has 5 nitrogen and oxygen atoms in total. The Kier molecular flexibility index (Phi) is 3.72. The molecule has 0 radical (unpaired) electrons. The lowest BCUT2D eigenvalue weighted by Crippen LogP contribution is -2.15. The number of amides is 1. The minimum absolute atomic E-state index is 0.0417. The number of carbonyl (C=O) groups excluding carboxylic acids is 1. The third kappa shape index (κ3) is 2.74. The fourth-order valence-electron chi connectivity index (χ4n) is 1.77. The van der Waals surface area contributed by atoms with Crippen molar-refractivity contribution in [2.24, 2.45) is 0 Å². The van der Waals surface area contributed by atoms with E-state index in [1.54, 1.807) is 18.6 Å². The van der Waals surface area contributed by atoms with Crippen LogP contribution in [0.4, 0.5) is 5.69 Å². The Balaban J connectivity index is 2.01. The van der Waals surface area contributed by atoms with E-state index in [9.17, 15) is 4.79 Å². The summed E-state index contributed by atoms with van der Waals surface area (Å²) in [7, 11) is 0. The van der Waals surface area contributed by atoms with Crippen LogP contribution in [0.15, 0.2) is 30.7 Å². The van der Waals surface area contributed by atoms with Crippen LogP contribution in [0.25, 0.3) is 0 Å². The van der Waals surface area contributed by atoms with E-state index in [2.05, 4.69) is 15.4 Å². The van der Waals surface area contributed by atoms with Crippen LogP contribution in [0.3, 0.4) is 0 Å². The van der Waals surface area contributed by atoms with Gasteiger partial charge >= 0.3 is 0 Å². The summed E-state index contributed by atoms with van der Waals surface area (Å²) in [5.41, 5.74) is 2.69. The summed E-state index contributed by atoms with van der Waals surface area (Å²) in [6.07, 6.45) is 5.40. The fourth-order valence-corrected chi connectivity index (χ4v) is 1.77. The second-order valence-electron chi connectivity index (χ2n) is 4.04. The van der Waals surface area contributed by atoms with Gasteiger partial charge in [0.15, 0.2) is 0 Å². The molecule has 0 aliphatic carbocycles. The Labute approximate surface area is 106 Å². The summed E-state index contributed by atoms with van der Waals surface area (Å²) in [5.74, 6) is -0.0417. The first-order valence-electron chi connectivity index (χ1n) is 5.92. The Morgan fingerprint density at radius 3 is 2.72 bits per heavy atom. The van der Waals surface area contributed by atoms with Gasteiger partial charge in [-0.2, -0.15) is 5.10 Å². The number of carbonyl (C=O) groups is 1. The average Bonchev–Trinajstić information content (AvgIpc) is 2.71.